The van der Waals surface area contributed by atoms with Gasteiger partial charge in [-0.15, -0.1) is 16.9 Å². The second kappa shape index (κ2) is 9.77. The van der Waals surface area contributed by atoms with Crippen molar-refractivity contribution < 1.29 is 9.18 Å². The van der Waals surface area contributed by atoms with Gasteiger partial charge in [-0.25, -0.2) is 9.07 Å². The molecule has 0 atom stereocenters. The Morgan fingerprint density at radius 2 is 1.47 bits per heavy atom. The highest BCUT2D eigenvalue weighted by Crippen LogP contribution is 2.30. The van der Waals surface area contributed by atoms with E-state index < -0.39 is 0 Å². The number of benzene rings is 2. The number of thioether (sulfide) groups is 1. The van der Waals surface area contributed by atoms with Crippen LogP contribution in [0.3, 0.4) is 0 Å². The van der Waals surface area contributed by atoms with E-state index in [1.165, 1.54) is 50.2 Å². The minimum atomic E-state index is -0.325. The molecule has 0 spiro atoms. The first-order valence-electron chi connectivity index (χ1n) is 10.5. The largest absolute Gasteiger partial charge is 0.272 e. The molecule has 0 saturated carbocycles. The minimum absolute atomic E-state index is 0.0882. The molecule has 0 N–H and O–H groups in total. The summed E-state index contributed by atoms with van der Waals surface area (Å²) in [5.41, 5.74) is 10.3. The van der Waals surface area contributed by atoms with Gasteiger partial charge in [0.25, 0.3) is 5.91 Å². The van der Waals surface area contributed by atoms with Crippen LogP contribution in [0.25, 0.3) is 0 Å². The first-order chi connectivity index (χ1) is 15.1. The summed E-state index contributed by atoms with van der Waals surface area (Å²) in [4.78, 5) is 12.9. The van der Waals surface area contributed by atoms with E-state index in [-0.39, 0.29) is 11.7 Å². The zero-order valence-corrected chi connectivity index (χ0v) is 20.5. The molecule has 3 rings (SSSR count). The van der Waals surface area contributed by atoms with Crippen LogP contribution in [-0.2, 0) is 5.75 Å². The maximum atomic E-state index is 13.1. The Hall–Kier alpha value is -2.80. The molecular weight excluding hydrogens is 423 g/mol. The molecule has 1 aromatic heterocycles. The van der Waals surface area contributed by atoms with E-state index in [0.717, 1.165) is 5.75 Å². The van der Waals surface area contributed by atoms with E-state index in [9.17, 15) is 9.18 Å². The first kappa shape index (κ1) is 23.9. The molecule has 0 saturated heterocycles. The van der Waals surface area contributed by atoms with Crippen molar-refractivity contribution in [1.29, 1.82) is 0 Å². The summed E-state index contributed by atoms with van der Waals surface area (Å²) in [5.74, 6) is 0.687. The highest BCUT2D eigenvalue weighted by atomic mass is 32.2. The molecule has 1 heterocycles. The summed E-state index contributed by atoms with van der Waals surface area (Å²) in [7, 11) is 0. The topological polar surface area (TPSA) is 59.6 Å². The SMILES string of the molecule is Cc1nn(C(=O)CSCc2c(C)c(C)c(C)c(C)c2C)c(C)c1N=Nc1ccc(F)cc1. The zero-order chi connectivity index (χ0) is 23.6. The van der Waals surface area contributed by atoms with Gasteiger partial charge in [-0.1, -0.05) is 0 Å². The first-order valence-corrected chi connectivity index (χ1v) is 11.7. The second-order valence-electron chi connectivity index (χ2n) is 8.10. The molecule has 7 heteroatoms. The highest BCUT2D eigenvalue weighted by Gasteiger charge is 2.18. The predicted octanol–water partition coefficient (Wildman–Crippen LogP) is 7.17. The lowest BCUT2D eigenvalue weighted by Gasteiger charge is -2.18. The Bertz CT molecular complexity index is 1170. The third-order valence-electron chi connectivity index (χ3n) is 6.21. The highest BCUT2D eigenvalue weighted by molar-refractivity contribution is 7.99. The van der Waals surface area contributed by atoms with Crippen LogP contribution in [0.1, 0.15) is 49.6 Å². The second-order valence-corrected chi connectivity index (χ2v) is 9.08. The van der Waals surface area contributed by atoms with Crippen LogP contribution in [0.5, 0.6) is 0 Å². The fraction of sp³-hybridized carbons (Fsp3) is 0.360. The lowest BCUT2D eigenvalue weighted by molar-refractivity contribution is 0.0924. The van der Waals surface area contributed by atoms with Gasteiger partial charge in [-0.3, -0.25) is 4.79 Å². The van der Waals surface area contributed by atoms with Crippen molar-refractivity contribution >= 4 is 29.0 Å². The maximum absolute atomic E-state index is 13.1. The molecule has 32 heavy (non-hydrogen) atoms. The molecule has 3 aromatic rings. The summed E-state index contributed by atoms with van der Waals surface area (Å²) in [6, 6.07) is 5.76. The standard InChI is InChI=1S/C25H29FN4OS/c1-14-15(2)17(4)23(18(5)16(14)3)12-32-13-24(31)30-20(7)25(19(6)29-30)28-27-22-10-8-21(26)9-11-22/h8-11H,12-13H2,1-7H3. The molecule has 0 aliphatic rings. The van der Waals surface area contributed by atoms with E-state index in [2.05, 4.69) is 49.9 Å². The van der Waals surface area contributed by atoms with Crippen molar-refractivity contribution in [2.45, 2.75) is 54.2 Å². The number of azo groups is 1. The Morgan fingerprint density at radius 1 is 0.906 bits per heavy atom. The lowest BCUT2D eigenvalue weighted by Crippen LogP contribution is -2.16. The summed E-state index contributed by atoms with van der Waals surface area (Å²) < 4.78 is 14.5. The predicted molar refractivity (Wildman–Crippen MR) is 129 cm³/mol. The Balaban J connectivity index is 1.72. The number of hydrogen-bond donors (Lipinski definition) is 0. The molecule has 0 bridgehead atoms. The maximum Gasteiger partial charge on any atom is 0.257 e. The smallest absolute Gasteiger partial charge is 0.257 e. The van der Waals surface area contributed by atoms with Gasteiger partial charge in [0.15, 0.2) is 0 Å². The van der Waals surface area contributed by atoms with Gasteiger partial charge in [0.2, 0.25) is 0 Å². The van der Waals surface area contributed by atoms with E-state index in [0.29, 0.717) is 28.5 Å². The molecule has 0 fully saturated rings. The molecule has 5 nitrogen and oxygen atoms in total. The van der Waals surface area contributed by atoms with Gasteiger partial charge in [0.05, 0.1) is 22.8 Å². The number of hydrogen-bond acceptors (Lipinski definition) is 5. The summed E-state index contributed by atoms with van der Waals surface area (Å²) in [6.45, 7) is 14.4. The molecule has 0 radical (unpaired) electrons. The number of aryl methyl sites for hydroxylation is 1. The van der Waals surface area contributed by atoms with Crippen molar-refractivity contribution in [1.82, 2.24) is 9.78 Å². The van der Waals surface area contributed by atoms with Crippen molar-refractivity contribution in [3.8, 4) is 0 Å². The molecule has 168 valence electrons. The van der Waals surface area contributed by atoms with Crippen molar-refractivity contribution in [3.63, 3.8) is 0 Å². The molecule has 0 unspecified atom stereocenters. The monoisotopic (exact) mass is 452 g/mol. The third kappa shape index (κ3) is 4.83. The van der Waals surface area contributed by atoms with E-state index in [1.807, 2.05) is 6.92 Å². The zero-order valence-electron chi connectivity index (χ0n) is 19.7. The fourth-order valence-corrected chi connectivity index (χ4v) is 4.77. The van der Waals surface area contributed by atoms with E-state index in [1.54, 1.807) is 30.8 Å². The van der Waals surface area contributed by atoms with Crippen molar-refractivity contribution in [3.05, 3.63) is 74.9 Å². The van der Waals surface area contributed by atoms with Gasteiger partial charge >= 0.3 is 0 Å². The minimum Gasteiger partial charge on any atom is -0.272 e. The van der Waals surface area contributed by atoms with Gasteiger partial charge in [0, 0.05) is 5.75 Å². The van der Waals surface area contributed by atoms with Gasteiger partial charge in [0.1, 0.15) is 11.5 Å². The van der Waals surface area contributed by atoms with E-state index >= 15 is 0 Å². The number of halogens is 1. The van der Waals surface area contributed by atoms with Crippen LogP contribution in [0.2, 0.25) is 0 Å². The lowest BCUT2D eigenvalue weighted by atomic mass is 9.90. The summed E-state index contributed by atoms with van der Waals surface area (Å²) in [6.07, 6.45) is 0. The number of carbonyl (C=O) groups is 1. The number of aromatic nitrogens is 2. The van der Waals surface area contributed by atoms with Crippen LogP contribution in [-0.4, -0.2) is 21.4 Å². The average molecular weight is 453 g/mol. The van der Waals surface area contributed by atoms with Crippen LogP contribution < -0.4 is 0 Å². The average Bonchev–Trinajstić information content (AvgIpc) is 3.06. The summed E-state index contributed by atoms with van der Waals surface area (Å²) >= 11 is 1.60. The molecule has 0 aliphatic carbocycles. The van der Waals surface area contributed by atoms with Crippen LogP contribution >= 0.6 is 11.8 Å². The van der Waals surface area contributed by atoms with Gasteiger partial charge in [-0.2, -0.15) is 10.2 Å². The normalized spacial score (nSPS) is 11.5. The summed E-state index contributed by atoms with van der Waals surface area (Å²) in [5, 5.41) is 12.8. The number of carbonyl (C=O) groups excluding carboxylic acids is 1. The Kier molecular flexibility index (Phi) is 7.29. The van der Waals surface area contributed by atoms with Crippen molar-refractivity contribution in [2.24, 2.45) is 10.2 Å². The van der Waals surface area contributed by atoms with Crippen molar-refractivity contribution in [2.75, 3.05) is 5.75 Å². The fourth-order valence-electron chi connectivity index (χ4n) is 3.73. The Morgan fingerprint density at radius 3 is 2.06 bits per heavy atom. The van der Waals surface area contributed by atoms with Crippen LogP contribution in [0.15, 0.2) is 34.5 Å². The number of rotatable bonds is 6. The van der Waals surface area contributed by atoms with Crippen LogP contribution in [0, 0.1) is 54.3 Å². The quantitative estimate of drug-likeness (QED) is 0.373. The van der Waals surface area contributed by atoms with Gasteiger partial charge < -0.3 is 0 Å². The van der Waals surface area contributed by atoms with Crippen LogP contribution in [0.4, 0.5) is 15.8 Å². The molecular formula is C25H29FN4OS. The van der Waals surface area contributed by atoms with E-state index in [4.69, 9.17) is 0 Å². The third-order valence-corrected chi connectivity index (χ3v) is 7.15. The van der Waals surface area contributed by atoms with Gasteiger partial charge in [-0.05, 0) is 106 Å². The Labute approximate surface area is 193 Å². The molecule has 2 aromatic carbocycles. The number of nitrogens with zero attached hydrogens (tertiary/aromatic N) is 4. The molecule has 0 aliphatic heterocycles. The molecule has 0 amide bonds.